The van der Waals surface area contributed by atoms with E-state index in [-0.39, 0.29) is 11.8 Å². The van der Waals surface area contributed by atoms with Crippen LogP contribution >= 0.6 is 0 Å². The Balaban J connectivity index is 1.59. The SMILES string of the molecule is Cc1ccccc1CNC(=O)c1ccc(C(=O)NC2CC2)cc1. The molecule has 1 fully saturated rings. The van der Waals surface area contributed by atoms with Gasteiger partial charge in [-0.3, -0.25) is 9.59 Å². The first-order valence-electron chi connectivity index (χ1n) is 7.87. The Hall–Kier alpha value is -2.62. The van der Waals surface area contributed by atoms with E-state index in [4.69, 9.17) is 0 Å². The van der Waals surface area contributed by atoms with Crippen LogP contribution in [-0.4, -0.2) is 17.9 Å². The summed E-state index contributed by atoms with van der Waals surface area (Å²) in [4.78, 5) is 24.1. The molecule has 1 aliphatic carbocycles. The van der Waals surface area contributed by atoms with Crippen molar-refractivity contribution >= 4 is 11.8 Å². The van der Waals surface area contributed by atoms with Gasteiger partial charge in [-0.1, -0.05) is 24.3 Å². The Bertz CT molecular complexity index is 718. The summed E-state index contributed by atoms with van der Waals surface area (Å²) >= 11 is 0. The van der Waals surface area contributed by atoms with Crippen molar-refractivity contribution in [2.75, 3.05) is 0 Å². The average molecular weight is 308 g/mol. The fraction of sp³-hybridized carbons (Fsp3) is 0.263. The topological polar surface area (TPSA) is 58.2 Å². The van der Waals surface area contributed by atoms with E-state index >= 15 is 0 Å². The Morgan fingerprint density at radius 2 is 1.57 bits per heavy atom. The average Bonchev–Trinajstić information content (AvgIpc) is 3.38. The maximum atomic E-state index is 12.2. The highest BCUT2D eigenvalue weighted by molar-refractivity contribution is 5.98. The summed E-state index contributed by atoms with van der Waals surface area (Å²) in [5.41, 5.74) is 3.40. The van der Waals surface area contributed by atoms with Crippen LogP contribution in [0.1, 0.15) is 44.7 Å². The second-order valence-electron chi connectivity index (χ2n) is 5.93. The van der Waals surface area contributed by atoms with Crippen molar-refractivity contribution in [1.82, 2.24) is 10.6 Å². The van der Waals surface area contributed by atoms with Gasteiger partial charge in [-0.2, -0.15) is 0 Å². The van der Waals surface area contributed by atoms with Gasteiger partial charge >= 0.3 is 0 Å². The number of carbonyl (C=O) groups is 2. The Kier molecular flexibility index (Phi) is 4.42. The van der Waals surface area contributed by atoms with Crippen LogP contribution in [-0.2, 0) is 6.54 Å². The summed E-state index contributed by atoms with van der Waals surface area (Å²) in [7, 11) is 0. The molecule has 0 atom stereocenters. The summed E-state index contributed by atoms with van der Waals surface area (Å²) in [5.74, 6) is -0.207. The van der Waals surface area contributed by atoms with Crippen molar-refractivity contribution in [3.05, 3.63) is 70.8 Å². The lowest BCUT2D eigenvalue weighted by Gasteiger charge is -2.08. The fourth-order valence-corrected chi connectivity index (χ4v) is 2.36. The third kappa shape index (κ3) is 3.97. The van der Waals surface area contributed by atoms with Crippen molar-refractivity contribution in [2.24, 2.45) is 0 Å². The van der Waals surface area contributed by atoms with E-state index in [0.29, 0.717) is 23.7 Å². The lowest BCUT2D eigenvalue weighted by molar-refractivity contribution is 0.0939. The Morgan fingerprint density at radius 1 is 0.957 bits per heavy atom. The molecule has 1 aliphatic rings. The van der Waals surface area contributed by atoms with Crippen molar-refractivity contribution in [3.8, 4) is 0 Å². The smallest absolute Gasteiger partial charge is 0.251 e. The number of rotatable bonds is 5. The highest BCUT2D eigenvalue weighted by Gasteiger charge is 2.23. The normalized spacial score (nSPS) is 13.4. The number of hydrogen-bond acceptors (Lipinski definition) is 2. The van der Waals surface area contributed by atoms with Crippen LogP contribution in [0.3, 0.4) is 0 Å². The maximum absolute atomic E-state index is 12.2. The van der Waals surface area contributed by atoms with Crippen molar-refractivity contribution in [1.29, 1.82) is 0 Å². The molecule has 0 unspecified atom stereocenters. The monoisotopic (exact) mass is 308 g/mol. The standard InChI is InChI=1S/C19H20N2O2/c1-13-4-2-3-5-16(13)12-20-18(22)14-6-8-15(9-7-14)19(23)21-17-10-11-17/h2-9,17H,10-12H2,1H3,(H,20,22)(H,21,23). The fourth-order valence-electron chi connectivity index (χ4n) is 2.36. The van der Waals surface area contributed by atoms with E-state index in [1.54, 1.807) is 24.3 Å². The molecule has 2 aromatic carbocycles. The first kappa shape index (κ1) is 15.3. The lowest BCUT2D eigenvalue weighted by atomic mass is 10.1. The van der Waals surface area contributed by atoms with Crippen LogP contribution in [0.5, 0.6) is 0 Å². The molecule has 4 nitrogen and oxygen atoms in total. The zero-order valence-electron chi connectivity index (χ0n) is 13.1. The Morgan fingerprint density at radius 3 is 2.17 bits per heavy atom. The number of nitrogens with one attached hydrogen (secondary N) is 2. The number of carbonyl (C=O) groups excluding carboxylic acids is 2. The zero-order chi connectivity index (χ0) is 16.2. The van der Waals surface area contributed by atoms with Crippen molar-refractivity contribution in [2.45, 2.75) is 32.4 Å². The van der Waals surface area contributed by atoms with Crippen LogP contribution in [0.15, 0.2) is 48.5 Å². The van der Waals surface area contributed by atoms with Gasteiger partial charge < -0.3 is 10.6 Å². The molecule has 0 heterocycles. The molecule has 0 spiro atoms. The van der Waals surface area contributed by atoms with Crippen molar-refractivity contribution < 1.29 is 9.59 Å². The number of hydrogen-bond donors (Lipinski definition) is 2. The molecular weight excluding hydrogens is 288 g/mol. The van der Waals surface area contributed by atoms with Crippen LogP contribution in [0.25, 0.3) is 0 Å². The molecule has 0 radical (unpaired) electrons. The lowest BCUT2D eigenvalue weighted by Crippen LogP contribution is -2.26. The summed E-state index contributed by atoms with van der Waals surface area (Å²) in [5, 5.41) is 5.84. The van der Waals surface area contributed by atoms with Gasteiger partial charge in [0.1, 0.15) is 0 Å². The molecule has 1 saturated carbocycles. The largest absolute Gasteiger partial charge is 0.349 e. The van der Waals surface area contributed by atoms with Gasteiger partial charge in [-0.05, 0) is 55.2 Å². The van der Waals surface area contributed by atoms with Gasteiger partial charge in [0, 0.05) is 23.7 Å². The molecule has 2 amide bonds. The summed E-state index contributed by atoms with van der Waals surface area (Å²) in [6.07, 6.45) is 2.12. The highest BCUT2D eigenvalue weighted by Crippen LogP contribution is 2.19. The van der Waals surface area contributed by atoms with Crippen LogP contribution in [0.2, 0.25) is 0 Å². The molecule has 3 rings (SSSR count). The third-order valence-electron chi connectivity index (χ3n) is 4.02. The van der Waals surface area contributed by atoms with E-state index in [2.05, 4.69) is 10.6 Å². The number of benzene rings is 2. The second-order valence-corrected chi connectivity index (χ2v) is 5.93. The molecule has 0 saturated heterocycles. The molecule has 0 bridgehead atoms. The van der Waals surface area contributed by atoms with Crippen molar-refractivity contribution in [3.63, 3.8) is 0 Å². The van der Waals surface area contributed by atoms with Gasteiger partial charge in [-0.25, -0.2) is 0 Å². The van der Waals surface area contributed by atoms with Gasteiger partial charge in [0.15, 0.2) is 0 Å². The quantitative estimate of drug-likeness (QED) is 0.892. The van der Waals surface area contributed by atoms with Gasteiger partial charge in [0.25, 0.3) is 11.8 Å². The molecule has 2 N–H and O–H groups in total. The molecular formula is C19H20N2O2. The Labute approximate surface area is 135 Å². The van der Waals surface area contributed by atoms with E-state index in [0.717, 1.165) is 24.0 Å². The van der Waals surface area contributed by atoms with Gasteiger partial charge in [-0.15, -0.1) is 0 Å². The second kappa shape index (κ2) is 6.65. The van der Waals surface area contributed by atoms with Crippen LogP contribution in [0.4, 0.5) is 0 Å². The predicted octanol–water partition coefficient (Wildman–Crippen LogP) is 2.82. The van der Waals surface area contributed by atoms with Crippen LogP contribution in [0, 0.1) is 6.92 Å². The molecule has 0 aromatic heterocycles. The molecule has 118 valence electrons. The molecule has 4 heteroatoms. The van der Waals surface area contributed by atoms with Gasteiger partial charge in [0.05, 0.1) is 0 Å². The number of amides is 2. The maximum Gasteiger partial charge on any atom is 0.251 e. The van der Waals surface area contributed by atoms with E-state index < -0.39 is 0 Å². The highest BCUT2D eigenvalue weighted by atomic mass is 16.2. The number of aryl methyl sites for hydroxylation is 1. The minimum absolute atomic E-state index is 0.0700. The predicted molar refractivity (Wildman–Crippen MR) is 89.3 cm³/mol. The minimum Gasteiger partial charge on any atom is -0.349 e. The minimum atomic E-state index is -0.137. The summed E-state index contributed by atoms with van der Waals surface area (Å²) < 4.78 is 0. The summed E-state index contributed by atoms with van der Waals surface area (Å²) in [6.45, 7) is 2.52. The van der Waals surface area contributed by atoms with Crippen LogP contribution < -0.4 is 10.6 Å². The first-order chi connectivity index (χ1) is 11.1. The summed E-state index contributed by atoms with van der Waals surface area (Å²) in [6, 6.07) is 15.1. The van der Waals surface area contributed by atoms with Gasteiger partial charge in [0.2, 0.25) is 0 Å². The third-order valence-corrected chi connectivity index (χ3v) is 4.02. The molecule has 2 aromatic rings. The molecule has 0 aliphatic heterocycles. The van der Waals surface area contributed by atoms with E-state index in [1.807, 2.05) is 31.2 Å². The first-order valence-corrected chi connectivity index (χ1v) is 7.87. The molecule has 23 heavy (non-hydrogen) atoms. The van der Waals surface area contributed by atoms with E-state index in [1.165, 1.54) is 0 Å². The van der Waals surface area contributed by atoms with E-state index in [9.17, 15) is 9.59 Å². The zero-order valence-corrected chi connectivity index (χ0v) is 13.1.